The second-order valence-electron chi connectivity index (χ2n) is 8.73. The maximum atomic E-state index is 13.1. The Morgan fingerprint density at radius 3 is 2.12 bits per heavy atom. The van der Waals surface area contributed by atoms with Gasteiger partial charge in [-0.1, -0.05) is 19.4 Å². The molecule has 3 rings (SSSR count). The molecule has 0 spiro atoms. The lowest BCUT2D eigenvalue weighted by Crippen LogP contribution is -2.47. The third-order valence-electron chi connectivity index (χ3n) is 6.15. The summed E-state index contributed by atoms with van der Waals surface area (Å²) in [6, 6.07) is 10.3. The minimum Gasteiger partial charge on any atom is -0.324 e. The maximum Gasteiger partial charge on any atom is 0.248 e. The summed E-state index contributed by atoms with van der Waals surface area (Å²) in [6.07, 6.45) is 4.07. The van der Waals surface area contributed by atoms with Crippen molar-refractivity contribution < 1.29 is 21.6 Å². The van der Waals surface area contributed by atoms with Crippen LogP contribution in [0.2, 0.25) is 0 Å². The molecule has 10 heteroatoms. The van der Waals surface area contributed by atoms with E-state index in [-0.39, 0.29) is 11.3 Å². The highest BCUT2D eigenvalue weighted by Gasteiger charge is 2.32. The van der Waals surface area contributed by atoms with Crippen LogP contribution in [-0.4, -0.2) is 52.4 Å². The highest BCUT2D eigenvalue weighted by Crippen LogP contribution is 2.26. The zero-order valence-electron chi connectivity index (χ0n) is 20.1. The maximum absolute atomic E-state index is 13.1. The van der Waals surface area contributed by atoms with Crippen LogP contribution in [-0.2, 0) is 24.8 Å². The number of nitrogens with one attached hydrogen (secondary N) is 1. The zero-order valence-corrected chi connectivity index (χ0v) is 21.7. The van der Waals surface area contributed by atoms with E-state index in [1.54, 1.807) is 19.1 Å². The molecule has 1 amide bonds. The van der Waals surface area contributed by atoms with Crippen LogP contribution >= 0.6 is 0 Å². The van der Waals surface area contributed by atoms with E-state index in [0.717, 1.165) is 41.0 Å². The minimum absolute atomic E-state index is 0.173. The molecular formula is C24H33N3O5S2. The molecule has 1 aliphatic heterocycles. The molecule has 0 saturated carbocycles. The summed E-state index contributed by atoms with van der Waals surface area (Å²) in [5, 5.41) is 2.75. The van der Waals surface area contributed by atoms with Gasteiger partial charge in [-0.3, -0.25) is 9.10 Å². The van der Waals surface area contributed by atoms with E-state index < -0.39 is 32.0 Å². The molecule has 1 fully saturated rings. The Kier molecular flexibility index (Phi) is 8.05. The smallest absolute Gasteiger partial charge is 0.248 e. The van der Waals surface area contributed by atoms with Gasteiger partial charge >= 0.3 is 0 Å². The van der Waals surface area contributed by atoms with E-state index >= 15 is 0 Å². The Morgan fingerprint density at radius 2 is 1.59 bits per heavy atom. The number of rotatable bonds is 8. The number of benzene rings is 2. The van der Waals surface area contributed by atoms with Gasteiger partial charge in [-0.2, -0.15) is 4.31 Å². The lowest BCUT2D eigenvalue weighted by molar-refractivity contribution is -0.117. The van der Waals surface area contributed by atoms with Gasteiger partial charge in [0.2, 0.25) is 26.0 Å². The first-order valence-corrected chi connectivity index (χ1v) is 14.7. The fraction of sp³-hybridized carbons (Fsp3) is 0.458. The number of carbonyl (C=O) groups is 1. The monoisotopic (exact) mass is 507 g/mol. The molecule has 1 atom stereocenters. The Bertz CT molecular complexity index is 1240. The van der Waals surface area contributed by atoms with Gasteiger partial charge in [0, 0.05) is 18.8 Å². The van der Waals surface area contributed by atoms with Crippen molar-refractivity contribution in [3.8, 4) is 0 Å². The number of aryl methyl sites for hydroxylation is 2. The molecule has 1 aliphatic rings. The number of carbonyl (C=O) groups excluding carboxylic acids is 1. The minimum atomic E-state index is -3.75. The number of piperidine rings is 1. The average Bonchev–Trinajstić information content (AvgIpc) is 2.79. The predicted octanol–water partition coefficient (Wildman–Crippen LogP) is 3.66. The second kappa shape index (κ2) is 10.5. The van der Waals surface area contributed by atoms with Crippen LogP contribution in [0.5, 0.6) is 0 Å². The van der Waals surface area contributed by atoms with Crippen molar-refractivity contribution >= 4 is 37.3 Å². The molecule has 0 radical (unpaired) electrons. The number of amides is 1. The largest absolute Gasteiger partial charge is 0.324 e. The number of hydrogen-bond acceptors (Lipinski definition) is 5. The number of anilines is 2. The van der Waals surface area contributed by atoms with Gasteiger partial charge in [0.05, 0.1) is 16.8 Å². The molecule has 0 unspecified atom stereocenters. The first-order valence-electron chi connectivity index (χ1n) is 11.4. The van der Waals surface area contributed by atoms with Crippen molar-refractivity contribution in [1.29, 1.82) is 0 Å². The molecule has 34 heavy (non-hydrogen) atoms. The van der Waals surface area contributed by atoms with Crippen molar-refractivity contribution in [2.75, 3.05) is 29.0 Å². The van der Waals surface area contributed by atoms with Crippen molar-refractivity contribution in [3.63, 3.8) is 0 Å². The number of hydrogen-bond donors (Lipinski definition) is 1. The quantitative estimate of drug-likeness (QED) is 0.587. The highest BCUT2D eigenvalue weighted by molar-refractivity contribution is 7.92. The van der Waals surface area contributed by atoms with Gasteiger partial charge in [0.1, 0.15) is 6.04 Å². The highest BCUT2D eigenvalue weighted by atomic mass is 32.2. The lowest BCUT2D eigenvalue weighted by atomic mass is 10.1. The number of nitrogens with zero attached hydrogens (tertiary/aromatic N) is 2. The van der Waals surface area contributed by atoms with E-state index in [2.05, 4.69) is 5.32 Å². The van der Waals surface area contributed by atoms with Gasteiger partial charge < -0.3 is 5.32 Å². The van der Waals surface area contributed by atoms with Gasteiger partial charge in [0.15, 0.2) is 0 Å². The van der Waals surface area contributed by atoms with Crippen molar-refractivity contribution in [2.45, 2.75) is 57.4 Å². The van der Waals surface area contributed by atoms with Crippen LogP contribution in [0.25, 0.3) is 0 Å². The molecule has 2 aromatic carbocycles. The predicted molar refractivity (Wildman–Crippen MR) is 135 cm³/mol. The Balaban J connectivity index is 1.82. The van der Waals surface area contributed by atoms with Crippen LogP contribution in [0.1, 0.15) is 43.7 Å². The zero-order chi connectivity index (χ0) is 25.1. The fourth-order valence-corrected chi connectivity index (χ4v) is 6.83. The van der Waals surface area contributed by atoms with Crippen molar-refractivity contribution in [3.05, 3.63) is 53.6 Å². The first-order chi connectivity index (χ1) is 15.9. The molecule has 1 heterocycles. The molecular weight excluding hydrogens is 474 g/mol. The van der Waals surface area contributed by atoms with E-state index in [4.69, 9.17) is 0 Å². The van der Waals surface area contributed by atoms with E-state index in [1.165, 1.54) is 28.6 Å². The normalized spacial score (nSPS) is 16.1. The lowest BCUT2D eigenvalue weighted by Gasteiger charge is -2.30. The second-order valence-corrected chi connectivity index (χ2v) is 12.5. The van der Waals surface area contributed by atoms with Crippen molar-refractivity contribution in [1.82, 2.24) is 4.31 Å². The van der Waals surface area contributed by atoms with Gasteiger partial charge in [0.25, 0.3) is 0 Å². The Morgan fingerprint density at radius 1 is 0.971 bits per heavy atom. The summed E-state index contributed by atoms with van der Waals surface area (Å²) in [5.74, 6) is -0.488. The fourth-order valence-electron chi connectivity index (χ4n) is 4.11. The molecule has 2 aromatic rings. The van der Waals surface area contributed by atoms with Crippen LogP contribution < -0.4 is 9.62 Å². The third-order valence-corrected chi connectivity index (χ3v) is 9.24. The Labute approximate surface area is 203 Å². The van der Waals surface area contributed by atoms with Gasteiger partial charge in [-0.25, -0.2) is 16.8 Å². The van der Waals surface area contributed by atoms with E-state index in [9.17, 15) is 21.6 Å². The van der Waals surface area contributed by atoms with Crippen LogP contribution in [0.15, 0.2) is 47.4 Å². The van der Waals surface area contributed by atoms with Gasteiger partial charge in [-0.15, -0.1) is 0 Å². The molecule has 1 N–H and O–H groups in total. The van der Waals surface area contributed by atoms with E-state index in [0.29, 0.717) is 24.5 Å². The van der Waals surface area contributed by atoms with Crippen LogP contribution in [0.3, 0.4) is 0 Å². The standard InChI is InChI=1S/C24H33N3O5S2/c1-5-23(27(33(4,29)30)21-12-9-18(2)19(3)17-21)24(28)25-20-10-13-22(14-11-20)34(31,32)26-15-7-6-8-16-26/h9-14,17,23H,5-8,15-16H2,1-4H3,(H,25,28)/t23-/m0/s1. The average molecular weight is 508 g/mol. The molecule has 8 nitrogen and oxygen atoms in total. The summed E-state index contributed by atoms with van der Waals surface area (Å²) in [6.45, 7) is 6.60. The first kappa shape index (κ1) is 26.2. The third kappa shape index (κ3) is 5.79. The SMILES string of the molecule is CC[C@@H](C(=O)Nc1ccc(S(=O)(=O)N2CCCCC2)cc1)N(c1ccc(C)c(C)c1)S(C)(=O)=O. The molecule has 186 valence electrons. The van der Waals surface area contributed by atoms with Crippen molar-refractivity contribution in [2.24, 2.45) is 0 Å². The number of sulfonamides is 2. The van der Waals surface area contributed by atoms with Crippen LogP contribution in [0, 0.1) is 13.8 Å². The summed E-state index contributed by atoms with van der Waals surface area (Å²) in [5.41, 5.74) is 2.77. The summed E-state index contributed by atoms with van der Waals surface area (Å²) in [7, 11) is -7.32. The molecule has 0 aromatic heterocycles. The molecule has 0 aliphatic carbocycles. The summed E-state index contributed by atoms with van der Waals surface area (Å²) >= 11 is 0. The van der Waals surface area contributed by atoms with Crippen LogP contribution in [0.4, 0.5) is 11.4 Å². The summed E-state index contributed by atoms with van der Waals surface area (Å²) < 4.78 is 53.7. The van der Waals surface area contributed by atoms with Gasteiger partial charge in [-0.05, 0) is 80.6 Å². The molecule has 0 bridgehead atoms. The Hall–Kier alpha value is -2.43. The molecule has 1 saturated heterocycles. The summed E-state index contributed by atoms with van der Waals surface area (Å²) in [4.78, 5) is 13.3. The van der Waals surface area contributed by atoms with E-state index in [1.807, 2.05) is 19.9 Å². The topological polar surface area (TPSA) is 104 Å².